The number of benzene rings is 2. The average Bonchev–Trinajstić information content (AvgIpc) is 2.66. The summed E-state index contributed by atoms with van der Waals surface area (Å²) in [5.41, 5.74) is 12.2. The molecule has 0 saturated heterocycles. The van der Waals surface area contributed by atoms with Crippen LogP contribution in [0.3, 0.4) is 0 Å². The summed E-state index contributed by atoms with van der Waals surface area (Å²) in [7, 11) is 3.33. The first-order valence-electron chi connectivity index (χ1n) is 8.17. The number of hydrogen-bond donors (Lipinski definition) is 1. The highest BCUT2D eigenvalue weighted by molar-refractivity contribution is 5.86. The Hall–Kier alpha value is -3.08. The molecule has 2 N–H and O–H groups in total. The summed E-state index contributed by atoms with van der Waals surface area (Å²) in [5.74, 6) is 1.93. The predicted octanol–water partition coefficient (Wildman–Crippen LogP) is 3.51. The van der Waals surface area contributed by atoms with Crippen LogP contribution in [0.15, 0.2) is 42.5 Å². The topological polar surface area (TPSA) is 70.3 Å². The molecule has 0 spiro atoms. The van der Waals surface area contributed by atoms with Crippen LogP contribution in [0.2, 0.25) is 0 Å². The van der Waals surface area contributed by atoms with Crippen molar-refractivity contribution in [1.82, 2.24) is 9.97 Å². The Labute approximate surface area is 146 Å². The van der Waals surface area contributed by atoms with E-state index < -0.39 is 0 Å². The van der Waals surface area contributed by atoms with Gasteiger partial charge < -0.3 is 15.2 Å². The number of nitrogens with zero attached hydrogens (tertiary/aromatic N) is 2. The van der Waals surface area contributed by atoms with Crippen LogP contribution in [0.25, 0.3) is 22.4 Å². The summed E-state index contributed by atoms with van der Waals surface area (Å²) in [4.78, 5) is 9.04. The van der Waals surface area contributed by atoms with E-state index in [2.05, 4.69) is 22.1 Å². The normalized spacial score (nSPS) is 12.2. The highest BCUT2D eigenvalue weighted by Gasteiger charge is 2.23. The summed E-state index contributed by atoms with van der Waals surface area (Å²) in [5, 5.41) is 0. The van der Waals surface area contributed by atoms with Crippen molar-refractivity contribution >= 4 is 5.95 Å². The molecule has 5 heteroatoms. The van der Waals surface area contributed by atoms with Gasteiger partial charge in [0.25, 0.3) is 0 Å². The number of fused-ring (bicyclic) bond motifs is 3. The summed E-state index contributed by atoms with van der Waals surface area (Å²) >= 11 is 0. The lowest BCUT2D eigenvalue weighted by atomic mass is 9.86. The van der Waals surface area contributed by atoms with Crippen molar-refractivity contribution in [3.05, 3.63) is 53.7 Å². The Balaban J connectivity index is 1.95. The third kappa shape index (κ3) is 2.67. The first kappa shape index (κ1) is 15.4. The third-order valence-corrected chi connectivity index (χ3v) is 4.58. The molecule has 5 nitrogen and oxygen atoms in total. The Morgan fingerprint density at radius 1 is 0.880 bits per heavy atom. The second kappa shape index (κ2) is 6.09. The second-order valence-electron chi connectivity index (χ2n) is 6.00. The molecule has 1 aromatic heterocycles. The van der Waals surface area contributed by atoms with Gasteiger partial charge in [0.15, 0.2) is 0 Å². The molecular formula is C20H19N3O2. The minimum absolute atomic E-state index is 0.302. The molecule has 1 heterocycles. The fourth-order valence-corrected chi connectivity index (χ4v) is 3.33. The lowest BCUT2D eigenvalue weighted by Gasteiger charge is -2.22. The molecule has 25 heavy (non-hydrogen) atoms. The molecule has 0 amide bonds. The van der Waals surface area contributed by atoms with Crippen molar-refractivity contribution < 1.29 is 9.47 Å². The Kier molecular flexibility index (Phi) is 3.76. The van der Waals surface area contributed by atoms with E-state index in [9.17, 15) is 0 Å². The van der Waals surface area contributed by atoms with Gasteiger partial charge in [0.2, 0.25) is 5.95 Å². The monoisotopic (exact) mass is 333 g/mol. The molecule has 0 unspecified atom stereocenters. The Morgan fingerprint density at radius 3 is 2.32 bits per heavy atom. The molecule has 0 radical (unpaired) electrons. The van der Waals surface area contributed by atoms with Crippen LogP contribution in [-0.4, -0.2) is 24.2 Å². The van der Waals surface area contributed by atoms with E-state index in [4.69, 9.17) is 15.2 Å². The van der Waals surface area contributed by atoms with E-state index in [-0.39, 0.29) is 0 Å². The first-order valence-corrected chi connectivity index (χ1v) is 8.17. The largest absolute Gasteiger partial charge is 0.497 e. The molecule has 0 aliphatic heterocycles. The number of hydrogen-bond acceptors (Lipinski definition) is 5. The zero-order chi connectivity index (χ0) is 17.4. The van der Waals surface area contributed by atoms with Crippen LogP contribution < -0.4 is 15.2 Å². The van der Waals surface area contributed by atoms with Gasteiger partial charge in [-0.3, -0.25) is 0 Å². The number of ether oxygens (including phenoxy) is 2. The maximum absolute atomic E-state index is 5.98. The van der Waals surface area contributed by atoms with Crippen LogP contribution in [0.5, 0.6) is 11.5 Å². The fraction of sp³-hybridized carbons (Fsp3) is 0.200. The lowest BCUT2D eigenvalue weighted by Crippen LogP contribution is -2.11. The van der Waals surface area contributed by atoms with Gasteiger partial charge >= 0.3 is 0 Å². The van der Waals surface area contributed by atoms with E-state index in [1.165, 1.54) is 5.56 Å². The Bertz CT molecular complexity index is 936. The van der Waals surface area contributed by atoms with Gasteiger partial charge in [0.1, 0.15) is 11.5 Å². The van der Waals surface area contributed by atoms with Crippen LogP contribution in [0.4, 0.5) is 5.95 Å². The molecule has 0 atom stereocenters. The number of aromatic nitrogens is 2. The molecule has 0 saturated carbocycles. The number of nitrogen functional groups attached to an aromatic ring is 1. The minimum Gasteiger partial charge on any atom is -0.497 e. The average molecular weight is 333 g/mol. The molecule has 0 fully saturated rings. The molecule has 1 aliphatic rings. The van der Waals surface area contributed by atoms with Crippen LogP contribution in [-0.2, 0) is 12.8 Å². The molecular weight excluding hydrogens is 314 g/mol. The SMILES string of the molecule is COc1ccc(-c2nc(N)nc3c2-c2cc(OC)ccc2CC3)cc1. The highest BCUT2D eigenvalue weighted by atomic mass is 16.5. The van der Waals surface area contributed by atoms with Crippen LogP contribution in [0.1, 0.15) is 11.3 Å². The fourth-order valence-electron chi connectivity index (χ4n) is 3.33. The number of nitrogens with two attached hydrogens (primary N) is 1. The maximum Gasteiger partial charge on any atom is 0.220 e. The van der Waals surface area contributed by atoms with Crippen molar-refractivity contribution in [3.63, 3.8) is 0 Å². The summed E-state index contributed by atoms with van der Waals surface area (Å²) in [6, 6.07) is 14.0. The smallest absolute Gasteiger partial charge is 0.220 e. The van der Waals surface area contributed by atoms with Crippen molar-refractivity contribution in [3.8, 4) is 33.9 Å². The van der Waals surface area contributed by atoms with Gasteiger partial charge in [-0.2, -0.15) is 0 Å². The third-order valence-electron chi connectivity index (χ3n) is 4.58. The Morgan fingerprint density at radius 2 is 1.60 bits per heavy atom. The van der Waals surface area contributed by atoms with Gasteiger partial charge in [-0.15, -0.1) is 0 Å². The number of aryl methyl sites for hydroxylation is 2. The van der Waals surface area contributed by atoms with Gasteiger partial charge in [0, 0.05) is 11.1 Å². The van der Waals surface area contributed by atoms with E-state index in [1.807, 2.05) is 30.3 Å². The van der Waals surface area contributed by atoms with Crippen LogP contribution in [0, 0.1) is 0 Å². The lowest BCUT2D eigenvalue weighted by molar-refractivity contribution is 0.414. The van der Waals surface area contributed by atoms with Gasteiger partial charge in [0.05, 0.1) is 25.6 Å². The van der Waals surface area contributed by atoms with E-state index in [0.29, 0.717) is 5.95 Å². The summed E-state index contributed by atoms with van der Waals surface area (Å²) in [6.07, 6.45) is 1.79. The number of anilines is 1. The minimum atomic E-state index is 0.302. The van der Waals surface area contributed by atoms with Crippen molar-refractivity contribution in [1.29, 1.82) is 0 Å². The first-order chi connectivity index (χ1) is 12.2. The van der Waals surface area contributed by atoms with E-state index in [1.54, 1.807) is 14.2 Å². The van der Waals surface area contributed by atoms with Crippen molar-refractivity contribution in [2.75, 3.05) is 20.0 Å². The highest BCUT2D eigenvalue weighted by Crippen LogP contribution is 2.41. The summed E-state index contributed by atoms with van der Waals surface area (Å²) in [6.45, 7) is 0. The van der Waals surface area contributed by atoms with Crippen molar-refractivity contribution in [2.24, 2.45) is 0 Å². The van der Waals surface area contributed by atoms with E-state index >= 15 is 0 Å². The van der Waals surface area contributed by atoms with Gasteiger partial charge in [-0.05, 0) is 60.4 Å². The zero-order valence-corrected chi connectivity index (χ0v) is 14.2. The molecule has 0 bridgehead atoms. The molecule has 3 aromatic rings. The quantitative estimate of drug-likeness (QED) is 0.794. The van der Waals surface area contributed by atoms with Crippen LogP contribution >= 0.6 is 0 Å². The standard InChI is InChI=1S/C20H19N3O2/c1-24-14-7-4-13(5-8-14)19-18-16-11-15(25-2)9-3-12(16)6-10-17(18)22-20(21)23-19/h3-5,7-9,11H,6,10H2,1-2H3,(H2,21,22,23). The van der Waals surface area contributed by atoms with Crippen molar-refractivity contribution in [2.45, 2.75) is 12.8 Å². The van der Waals surface area contributed by atoms with Gasteiger partial charge in [-0.1, -0.05) is 6.07 Å². The zero-order valence-electron chi connectivity index (χ0n) is 14.2. The molecule has 1 aliphatic carbocycles. The predicted molar refractivity (Wildman–Crippen MR) is 97.8 cm³/mol. The van der Waals surface area contributed by atoms with E-state index in [0.717, 1.165) is 52.4 Å². The number of rotatable bonds is 3. The molecule has 2 aromatic carbocycles. The second-order valence-corrected chi connectivity index (χ2v) is 6.00. The molecule has 126 valence electrons. The van der Waals surface area contributed by atoms with Gasteiger partial charge in [-0.25, -0.2) is 9.97 Å². The molecule has 4 rings (SSSR count). The maximum atomic E-state index is 5.98. The summed E-state index contributed by atoms with van der Waals surface area (Å²) < 4.78 is 10.7. The number of methoxy groups -OCH3 is 2.